The number of rotatable bonds is 0. The smallest absolute Gasteiger partial charge is 0.186 e. The Morgan fingerprint density at radius 3 is 2.42 bits per heavy atom. The number of aliphatic hydroxyl groups excluding tert-OH is 1. The maximum Gasteiger partial charge on any atom is 0.186 e. The summed E-state index contributed by atoms with van der Waals surface area (Å²) in [5, 5.41) is 9.42. The second-order valence-corrected chi connectivity index (χ2v) is 4.22. The van der Waals surface area contributed by atoms with Crippen LogP contribution in [-0.2, 0) is 4.79 Å². The van der Waals surface area contributed by atoms with E-state index in [0.29, 0.717) is 6.42 Å². The molecule has 0 aromatic rings. The van der Waals surface area contributed by atoms with Crippen molar-refractivity contribution < 1.29 is 9.90 Å². The first kappa shape index (κ1) is 9.46. The number of Topliss-reactive ketones (excluding diaryl/α,β-unsaturated/α-hetero) is 1. The molecule has 0 saturated carbocycles. The lowest BCUT2D eigenvalue weighted by Crippen LogP contribution is -2.35. The molecule has 1 rings (SSSR count). The van der Waals surface area contributed by atoms with Crippen molar-refractivity contribution in [3.05, 3.63) is 11.1 Å². The number of carbonyl (C=O) groups is 1. The van der Waals surface area contributed by atoms with E-state index in [1.54, 1.807) is 6.92 Å². The lowest BCUT2D eigenvalue weighted by Gasteiger charge is -2.34. The Kier molecular flexibility index (Phi) is 2.13. The molecule has 1 aliphatic rings. The second kappa shape index (κ2) is 2.70. The lowest BCUT2D eigenvalue weighted by atomic mass is 9.72. The third kappa shape index (κ3) is 1.31. The summed E-state index contributed by atoms with van der Waals surface area (Å²) >= 11 is 0. The van der Waals surface area contributed by atoms with Crippen molar-refractivity contribution in [2.45, 2.75) is 40.2 Å². The molecule has 0 saturated heterocycles. The van der Waals surface area contributed by atoms with Gasteiger partial charge in [0.1, 0.15) is 6.10 Å². The number of carbonyl (C=O) groups excluding carboxylic acids is 1. The topological polar surface area (TPSA) is 37.3 Å². The van der Waals surface area contributed by atoms with Crippen LogP contribution in [0.25, 0.3) is 0 Å². The van der Waals surface area contributed by atoms with Crippen LogP contribution < -0.4 is 0 Å². The van der Waals surface area contributed by atoms with Crippen LogP contribution in [0.15, 0.2) is 11.1 Å². The van der Waals surface area contributed by atoms with Crippen LogP contribution in [-0.4, -0.2) is 17.0 Å². The third-order valence-corrected chi connectivity index (χ3v) is 2.95. The van der Waals surface area contributed by atoms with Gasteiger partial charge in [0.15, 0.2) is 5.78 Å². The number of aliphatic hydroxyl groups is 1. The highest BCUT2D eigenvalue weighted by Gasteiger charge is 2.35. The molecule has 0 fully saturated rings. The van der Waals surface area contributed by atoms with Crippen LogP contribution in [0, 0.1) is 5.41 Å². The summed E-state index contributed by atoms with van der Waals surface area (Å²) in [5.41, 5.74) is 1.81. The number of ketones is 1. The monoisotopic (exact) mass is 168 g/mol. The molecular formula is C10H16O2. The predicted molar refractivity (Wildman–Crippen MR) is 47.8 cm³/mol. The molecule has 2 nitrogen and oxygen atoms in total. The standard InChI is InChI=1S/C10H16O2/c1-6-7(2)10(3,4)5-8(11)9(6)12/h8,11H,5H2,1-4H3/t8-/m0/s1. The van der Waals surface area contributed by atoms with Gasteiger partial charge in [0.2, 0.25) is 0 Å². The first-order valence-electron chi connectivity index (χ1n) is 4.26. The number of hydrogen-bond donors (Lipinski definition) is 1. The molecule has 1 atom stereocenters. The molecule has 0 amide bonds. The van der Waals surface area contributed by atoms with Gasteiger partial charge in [0.25, 0.3) is 0 Å². The zero-order chi connectivity index (χ0) is 9.52. The minimum absolute atomic E-state index is 0.0303. The fraction of sp³-hybridized carbons (Fsp3) is 0.700. The molecule has 0 aliphatic heterocycles. The lowest BCUT2D eigenvalue weighted by molar-refractivity contribution is -0.125. The molecule has 0 heterocycles. The van der Waals surface area contributed by atoms with Gasteiger partial charge in [-0.05, 0) is 31.3 Å². The molecular weight excluding hydrogens is 152 g/mol. The van der Waals surface area contributed by atoms with Crippen LogP contribution in [0.3, 0.4) is 0 Å². The van der Waals surface area contributed by atoms with Gasteiger partial charge in [-0.15, -0.1) is 0 Å². The predicted octanol–water partition coefficient (Wildman–Crippen LogP) is 1.68. The van der Waals surface area contributed by atoms with Gasteiger partial charge in [0.05, 0.1) is 0 Å². The van der Waals surface area contributed by atoms with Crippen molar-refractivity contribution in [2.75, 3.05) is 0 Å². The van der Waals surface area contributed by atoms with Crippen LogP contribution in [0.4, 0.5) is 0 Å². The number of allylic oxidation sites excluding steroid dienone is 1. The quantitative estimate of drug-likeness (QED) is 0.597. The summed E-state index contributed by atoms with van der Waals surface area (Å²) in [7, 11) is 0. The first-order chi connectivity index (χ1) is 5.36. The number of hydrogen-bond acceptors (Lipinski definition) is 2. The highest BCUT2D eigenvalue weighted by molar-refractivity contribution is 5.99. The van der Waals surface area contributed by atoms with E-state index < -0.39 is 6.10 Å². The van der Waals surface area contributed by atoms with Crippen LogP contribution in [0.5, 0.6) is 0 Å². The summed E-state index contributed by atoms with van der Waals surface area (Å²) in [4.78, 5) is 11.3. The van der Waals surface area contributed by atoms with Crippen LogP contribution >= 0.6 is 0 Å². The first-order valence-corrected chi connectivity index (χ1v) is 4.26. The second-order valence-electron chi connectivity index (χ2n) is 4.22. The Morgan fingerprint density at radius 1 is 1.42 bits per heavy atom. The minimum Gasteiger partial charge on any atom is -0.385 e. The van der Waals surface area contributed by atoms with E-state index in [-0.39, 0.29) is 11.2 Å². The maximum absolute atomic E-state index is 11.3. The minimum atomic E-state index is -0.788. The highest BCUT2D eigenvalue weighted by atomic mass is 16.3. The fourth-order valence-electron chi connectivity index (χ4n) is 1.67. The van der Waals surface area contributed by atoms with Crippen molar-refractivity contribution >= 4 is 5.78 Å². The molecule has 0 aromatic carbocycles. The molecule has 0 spiro atoms. The van der Waals surface area contributed by atoms with Gasteiger partial charge in [-0.1, -0.05) is 19.4 Å². The average Bonchev–Trinajstić information content (AvgIpc) is 1.97. The van der Waals surface area contributed by atoms with Crippen molar-refractivity contribution in [3.8, 4) is 0 Å². The van der Waals surface area contributed by atoms with E-state index >= 15 is 0 Å². The Labute approximate surface area is 73.3 Å². The summed E-state index contributed by atoms with van der Waals surface area (Å²) in [6, 6.07) is 0. The van der Waals surface area contributed by atoms with Crippen molar-refractivity contribution in [2.24, 2.45) is 5.41 Å². The molecule has 2 heteroatoms. The van der Waals surface area contributed by atoms with E-state index in [4.69, 9.17) is 0 Å². The van der Waals surface area contributed by atoms with Gasteiger partial charge in [-0.25, -0.2) is 0 Å². The van der Waals surface area contributed by atoms with E-state index in [0.717, 1.165) is 11.1 Å². The molecule has 12 heavy (non-hydrogen) atoms. The summed E-state index contributed by atoms with van der Waals surface area (Å²) in [6.07, 6.45) is -0.238. The van der Waals surface area contributed by atoms with Gasteiger partial charge in [-0.3, -0.25) is 4.79 Å². The zero-order valence-electron chi connectivity index (χ0n) is 8.14. The Morgan fingerprint density at radius 2 is 1.92 bits per heavy atom. The van der Waals surface area contributed by atoms with Gasteiger partial charge in [-0.2, -0.15) is 0 Å². The van der Waals surface area contributed by atoms with E-state index in [1.807, 2.05) is 6.92 Å². The van der Waals surface area contributed by atoms with Crippen molar-refractivity contribution in [3.63, 3.8) is 0 Å². The molecule has 1 aliphatic carbocycles. The van der Waals surface area contributed by atoms with Gasteiger partial charge < -0.3 is 5.11 Å². The Bertz CT molecular complexity index is 249. The third-order valence-electron chi connectivity index (χ3n) is 2.95. The molecule has 68 valence electrons. The molecule has 0 unspecified atom stereocenters. The van der Waals surface area contributed by atoms with E-state index in [2.05, 4.69) is 13.8 Å². The maximum atomic E-state index is 11.3. The summed E-state index contributed by atoms with van der Waals surface area (Å²) in [6.45, 7) is 7.88. The highest BCUT2D eigenvalue weighted by Crippen LogP contribution is 2.38. The largest absolute Gasteiger partial charge is 0.385 e. The molecule has 0 aromatic heterocycles. The van der Waals surface area contributed by atoms with Crippen molar-refractivity contribution in [1.82, 2.24) is 0 Å². The molecule has 0 bridgehead atoms. The molecule has 0 radical (unpaired) electrons. The summed E-state index contributed by atoms with van der Waals surface area (Å²) in [5.74, 6) is -0.105. The van der Waals surface area contributed by atoms with E-state index in [9.17, 15) is 9.90 Å². The molecule has 1 N–H and O–H groups in total. The Hall–Kier alpha value is -0.630. The van der Waals surface area contributed by atoms with Gasteiger partial charge >= 0.3 is 0 Å². The van der Waals surface area contributed by atoms with Crippen molar-refractivity contribution in [1.29, 1.82) is 0 Å². The van der Waals surface area contributed by atoms with E-state index in [1.165, 1.54) is 0 Å². The Balaban J connectivity index is 3.13. The fourth-order valence-corrected chi connectivity index (χ4v) is 1.67. The average molecular weight is 168 g/mol. The SMILES string of the molecule is CC1=C(C)C(C)(C)C[C@H](O)C1=O. The summed E-state index contributed by atoms with van der Waals surface area (Å²) < 4.78 is 0. The van der Waals surface area contributed by atoms with Crippen LogP contribution in [0.2, 0.25) is 0 Å². The zero-order valence-corrected chi connectivity index (χ0v) is 8.14. The van der Waals surface area contributed by atoms with Crippen LogP contribution in [0.1, 0.15) is 34.1 Å². The normalized spacial score (nSPS) is 29.4. The van der Waals surface area contributed by atoms with Gasteiger partial charge in [0, 0.05) is 0 Å².